The molecule has 2 N–H and O–H groups in total. The van der Waals surface area contributed by atoms with Crippen molar-refractivity contribution in [2.24, 2.45) is 5.92 Å². The minimum Gasteiger partial charge on any atom is -0.435 e. The molecule has 2 rings (SSSR count). The smallest absolute Gasteiger partial charge is 0.387 e. The van der Waals surface area contributed by atoms with Gasteiger partial charge in [-0.3, -0.25) is 9.69 Å². The molecule has 1 fully saturated rings. The van der Waals surface area contributed by atoms with Gasteiger partial charge in [-0.15, -0.1) is 0 Å². The van der Waals surface area contributed by atoms with E-state index in [1.54, 1.807) is 0 Å². The molecule has 1 aromatic carbocycles. The Morgan fingerprint density at radius 2 is 2.14 bits per heavy atom. The molecule has 1 heterocycles. The first kappa shape index (κ1) is 16.6. The minimum atomic E-state index is -2.87. The van der Waals surface area contributed by atoms with Crippen LogP contribution in [0.5, 0.6) is 5.75 Å². The number of halogens is 2. The van der Waals surface area contributed by atoms with Gasteiger partial charge < -0.3 is 15.2 Å². The second-order valence-electron chi connectivity index (χ2n) is 5.52. The molecule has 0 radical (unpaired) electrons. The SMILES string of the molecule is CC1CCN(CC(=O)Nc2ccc(OC(F)F)cc2)CC1O. The number of nitrogens with one attached hydrogen (secondary N) is 1. The fourth-order valence-corrected chi connectivity index (χ4v) is 2.38. The molecule has 122 valence electrons. The summed E-state index contributed by atoms with van der Waals surface area (Å²) in [6, 6.07) is 5.74. The Kier molecular flexibility index (Phi) is 5.68. The average Bonchev–Trinajstić information content (AvgIpc) is 2.44. The Morgan fingerprint density at radius 3 is 2.73 bits per heavy atom. The van der Waals surface area contributed by atoms with Crippen molar-refractivity contribution >= 4 is 11.6 Å². The van der Waals surface area contributed by atoms with Crippen LogP contribution in [-0.4, -0.2) is 48.3 Å². The lowest BCUT2D eigenvalue weighted by Gasteiger charge is -2.33. The highest BCUT2D eigenvalue weighted by Gasteiger charge is 2.25. The summed E-state index contributed by atoms with van der Waals surface area (Å²) in [5.41, 5.74) is 0.512. The van der Waals surface area contributed by atoms with Crippen LogP contribution in [0, 0.1) is 5.92 Å². The summed E-state index contributed by atoms with van der Waals surface area (Å²) in [5.74, 6) is 0.0899. The van der Waals surface area contributed by atoms with E-state index >= 15 is 0 Å². The number of aliphatic hydroxyl groups is 1. The van der Waals surface area contributed by atoms with Crippen LogP contribution < -0.4 is 10.1 Å². The van der Waals surface area contributed by atoms with E-state index < -0.39 is 12.7 Å². The summed E-state index contributed by atoms with van der Waals surface area (Å²) in [5, 5.41) is 12.5. The molecular formula is C15H20F2N2O3. The molecule has 2 unspecified atom stereocenters. The largest absolute Gasteiger partial charge is 0.435 e. The van der Waals surface area contributed by atoms with Crippen LogP contribution in [0.1, 0.15) is 13.3 Å². The molecular weight excluding hydrogens is 294 g/mol. The molecule has 22 heavy (non-hydrogen) atoms. The molecule has 1 aliphatic heterocycles. The van der Waals surface area contributed by atoms with Crippen molar-refractivity contribution in [1.29, 1.82) is 0 Å². The number of carbonyl (C=O) groups is 1. The molecule has 0 aliphatic carbocycles. The second-order valence-corrected chi connectivity index (χ2v) is 5.52. The van der Waals surface area contributed by atoms with Crippen molar-refractivity contribution in [1.82, 2.24) is 4.90 Å². The Morgan fingerprint density at radius 1 is 1.45 bits per heavy atom. The first-order valence-corrected chi connectivity index (χ1v) is 7.19. The van der Waals surface area contributed by atoms with Gasteiger partial charge in [-0.1, -0.05) is 6.92 Å². The summed E-state index contributed by atoms with van der Waals surface area (Å²) >= 11 is 0. The third kappa shape index (κ3) is 4.92. The van der Waals surface area contributed by atoms with E-state index in [4.69, 9.17) is 0 Å². The predicted octanol–water partition coefficient (Wildman–Crippen LogP) is 1.93. The van der Waals surface area contributed by atoms with Crippen molar-refractivity contribution in [3.05, 3.63) is 24.3 Å². The number of hydrogen-bond donors (Lipinski definition) is 2. The molecule has 0 saturated carbocycles. The number of anilines is 1. The number of piperidine rings is 1. The lowest BCUT2D eigenvalue weighted by molar-refractivity contribution is -0.118. The maximum Gasteiger partial charge on any atom is 0.387 e. The normalized spacial score (nSPS) is 22.6. The van der Waals surface area contributed by atoms with Crippen molar-refractivity contribution in [3.63, 3.8) is 0 Å². The summed E-state index contributed by atoms with van der Waals surface area (Å²) < 4.78 is 28.3. The van der Waals surface area contributed by atoms with Crippen molar-refractivity contribution in [2.45, 2.75) is 26.1 Å². The predicted molar refractivity (Wildman–Crippen MR) is 77.9 cm³/mol. The molecule has 2 atom stereocenters. The number of benzene rings is 1. The maximum atomic E-state index is 12.0. The van der Waals surface area contributed by atoms with Gasteiger partial charge in [0.25, 0.3) is 0 Å². The van der Waals surface area contributed by atoms with Crippen molar-refractivity contribution in [3.8, 4) is 5.75 Å². The number of β-amino-alcohol motifs (C(OH)–C–C–N with tert-alkyl or cyclic N) is 1. The number of rotatable bonds is 5. The first-order chi connectivity index (χ1) is 10.4. The van der Waals surface area contributed by atoms with E-state index in [0.717, 1.165) is 13.0 Å². The van der Waals surface area contributed by atoms with Gasteiger partial charge in [-0.25, -0.2) is 0 Å². The number of carbonyl (C=O) groups excluding carboxylic acids is 1. The topological polar surface area (TPSA) is 61.8 Å². The van der Waals surface area contributed by atoms with Gasteiger partial charge in [0.15, 0.2) is 0 Å². The Hall–Kier alpha value is -1.73. The van der Waals surface area contributed by atoms with Crippen LogP contribution in [0.25, 0.3) is 0 Å². The lowest BCUT2D eigenvalue weighted by atomic mass is 9.96. The van der Waals surface area contributed by atoms with Gasteiger partial charge in [-0.2, -0.15) is 8.78 Å². The third-order valence-electron chi connectivity index (χ3n) is 3.73. The van der Waals surface area contributed by atoms with E-state index in [2.05, 4.69) is 10.1 Å². The van der Waals surface area contributed by atoms with E-state index in [9.17, 15) is 18.7 Å². The summed E-state index contributed by atoms with van der Waals surface area (Å²) in [7, 11) is 0. The molecule has 7 heteroatoms. The zero-order valence-corrected chi connectivity index (χ0v) is 12.3. The molecule has 1 aromatic rings. The lowest BCUT2D eigenvalue weighted by Crippen LogP contribution is -2.45. The van der Waals surface area contributed by atoms with Crippen molar-refractivity contribution in [2.75, 3.05) is 25.0 Å². The van der Waals surface area contributed by atoms with Crippen LogP contribution in [0.2, 0.25) is 0 Å². The number of nitrogens with zero attached hydrogens (tertiary/aromatic N) is 1. The van der Waals surface area contributed by atoms with E-state index in [-0.39, 0.29) is 24.1 Å². The molecule has 5 nitrogen and oxygen atoms in total. The standard InChI is InChI=1S/C15H20F2N2O3/c1-10-6-7-19(8-13(10)20)9-14(21)18-11-2-4-12(5-3-11)22-15(16)17/h2-5,10,13,15,20H,6-9H2,1H3,(H,18,21). The van der Waals surface area contributed by atoms with Crippen LogP contribution in [0.15, 0.2) is 24.3 Å². The number of hydrogen-bond acceptors (Lipinski definition) is 4. The number of alkyl halides is 2. The molecule has 1 saturated heterocycles. The summed E-state index contributed by atoms with van der Waals surface area (Å²) in [6.45, 7) is 0.570. The average molecular weight is 314 g/mol. The number of likely N-dealkylation sites (tertiary alicyclic amines) is 1. The fraction of sp³-hybridized carbons (Fsp3) is 0.533. The van der Waals surface area contributed by atoms with Crippen LogP contribution in [0.3, 0.4) is 0 Å². The zero-order chi connectivity index (χ0) is 16.1. The molecule has 1 amide bonds. The highest BCUT2D eigenvalue weighted by atomic mass is 19.3. The molecule has 0 spiro atoms. The molecule has 0 aromatic heterocycles. The molecule has 0 bridgehead atoms. The third-order valence-corrected chi connectivity index (χ3v) is 3.73. The highest BCUT2D eigenvalue weighted by molar-refractivity contribution is 5.92. The number of aliphatic hydroxyl groups excluding tert-OH is 1. The maximum absolute atomic E-state index is 12.0. The van der Waals surface area contributed by atoms with Crippen LogP contribution in [0.4, 0.5) is 14.5 Å². The van der Waals surface area contributed by atoms with E-state index in [1.165, 1.54) is 24.3 Å². The zero-order valence-electron chi connectivity index (χ0n) is 12.3. The minimum absolute atomic E-state index is 0.0427. The van der Waals surface area contributed by atoms with Gasteiger partial charge in [-0.05, 0) is 43.1 Å². The Bertz CT molecular complexity index is 496. The quantitative estimate of drug-likeness (QED) is 0.872. The van der Waals surface area contributed by atoms with Gasteiger partial charge >= 0.3 is 6.61 Å². The summed E-state index contributed by atoms with van der Waals surface area (Å²) in [6.07, 6.45) is 0.445. The van der Waals surface area contributed by atoms with Gasteiger partial charge in [0, 0.05) is 12.2 Å². The number of ether oxygens (including phenoxy) is 1. The van der Waals surface area contributed by atoms with Crippen molar-refractivity contribution < 1.29 is 23.4 Å². The number of amides is 1. The van der Waals surface area contributed by atoms with Crippen LogP contribution >= 0.6 is 0 Å². The van der Waals surface area contributed by atoms with E-state index in [1.807, 2.05) is 11.8 Å². The van der Waals surface area contributed by atoms with E-state index in [0.29, 0.717) is 12.2 Å². The van der Waals surface area contributed by atoms with Gasteiger partial charge in [0.1, 0.15) is 5.75 Å². The monoisotopic (exact) mass is 314 g/mol. The summed E-state index contributed by atoms with van der Waals surface area (Å²) in [4.78, 5) is 13.8. The van der Waals surface area contributed by atoms with Gasteiger partial charge in [0.05, 0.1) is 12.6 Å². The second kappa shape index (κ2) is 7.51. The Labute approximate surface area is 127 Å². The Balaban J connectivity index is 1.81. The first-order valence-electron chi connectivity index (χ1n) is 7.19. The fourth-order valence-electron chi connectivity index (χ4n) is 2.38. The van der Waals surface area contributed by atoms with Crippen LogP contribution in [-0.2, 0) is 4.79 Å². The molecule has 1 aliphatic rings. The highest BCUT2D eigenvalue weighted by Crippen LogP contribution is 2.19. The van der Waals surface area contributed by atoms with Gasteiger partial charge in [0.2, 0.25) is 5.91 Å².